The van der Waals surface area contributed by atoms with Gasteiger partial charge < -0.3 is 4.90 Å². The molecule has 16 heavy (non-hydrogen) atoms. The van der Waals surface area contributed by atoms with Crippen LogP contribution in [-0.2, 0) is 4.79 Å². The molecule has 86 valence electrons. The second-order valence-corrected chi connectivity index (χ2v) is 5.05. The van der Waals surface area contributed by atoms with Crippen LogP contribution in [0.1, 0.15) is 19.4 Å². The Kier molecular flexibility index (Phi) is 4.08. The smallest absolute Gasteiger partial charge is 0.244 e. The predicted octanol–water partition coefficient (Wildman–Crippen LogP) is 2.82. The quantitative estimate of drug-likeness (QED) is 0.810. The molecule has 0 aliphatic carbocycles. The molecule has 1 amide bonds. The fourth-order valence-electron chi connectivity index (χ4n) is 1.51. The number of aryl methyl sites for hydroxylation is 1. The minimum absolute atomic E-state index is 0.0419. The van der Waals surface area contributed by atoms with Gasteiger partial charge in [0, 0.05) is 7.05 Å². The Hall–Kier alpha value is -1.34. The molecule has 0 aromatic carbocycles. The van der Waals surface area contributed by atoms with Crippen molar-refractivity contribution in [1.82, 2.24) is 0 Å². The summed E-state index contributed by atoms with van der Waals surface area (Å²) >= 11 is 1.52. The van der Waals surface area contributed by atoms with E-state index in [1.807, 2.05) is 32.2 Å². The lowest BCUT2D eigenvalue weighted by Crippen LogP contribution is -2.34. The average molecular weight is 236 g/mol. The highest BCUT2D eigenvalue weighted by Gasteiger charge is 2.26. The number of carbonyl (C=O) groups excluding carboxylic acids is 1. The highest BCUT2D eigenvalue weighted by Crippen LogP contribution is 2.27. The first kappa shape index (κ1) is 12.7. The van der Waals surface area contributed by atoms with Gasteiger partial charge in [0.25, 0.3) is 0 Å². The van der Waals surface area contributed by atoms with E-state index in [4.69, 9.17) is 5.26 Å². The molecule has 0 fully saturated rings. The van der Waals surface area contributed by atoms with Crippen LogP contribution in [0.25, 0.3) is 0 Å². The minimum Gasteiger partial charge on any atom is -0.306 e. The van der Waals surface area contributed by atoms with E-state index in [-0.39, 0.29) is 11.8 Å². The summed E-state index contributed by atoms with van der Waals surface area (Å²) in [6.07, 6.45) is 0. The summed E-state index contributed by atoms with van der Waals surface area (Å²) in [7, 11) is 1.73. The number of thiophene rings is 1. The molecule has 1 heterocycles. The van der Waals surface area contributed by atoms with Crippen LogP contribution >= 0.6 is 11.3 Å². The van der Waals surface area contributed by atoms with E-state index in [9.17, 15) is 4.79 Å². The van der Waals surface area contributed by atoms with Crippen LogP contribution in [0.2, 0.25) is 0 Å². The molecule has 1 unspecified atom stereocenters. The zero-order valence-corrected chi connectivity index (χ0v) is 10.8. The van der Waals surface area contributed by atoms with Gasteiger partial charge in [-0.1, -0.05) is 13.8 Å². The van der Waals surface area contributed by atoms with E-state index in [1.54, 1.807) is 11.9 Å². The molecule has 0 aliphatic rings. The Bertz CT molecular complexity index is 417. The normalized spacial score (nSPS) is 12.2. The van der Waals surface area contributed by atoms with Crippen molar-refractivity contribution in [2.45, 2.75) is 20.8 Å². The molecule has 1 atom stereocenters. The lowest BCUT2D eigenvalue weighted by Gasteiger charge is -2.21. The second kappa shape index (κ2) is 5.13. The Morgan fingerprint density at radius 3 is 2.56 bits per heavy atom. The molecule has 1 aromatic heterocycles. The predicted molar refractivity (Wildman–Crippen MR) is 66.4 cm³/mol. The van der Waals surface area contributed by atoms with Crippen molar-refractivity contribution in [2.75, 3.05) is 11.9 Å². The van der Waals surface area contributed by atoms with Gasteiger partial charge in [-0.15, -0.1) is 11.3 Å². The molecular formula is C12H16N2OS. The largest absolute Gasteiger partial charge is 0.306 e. The fraction of sp³-hybridized carbons (Fsp3) is 0.500. The summed E-state index contributed by atoms with van der Waals surface area (Å²) in [5.74, 6) is -0.644. The number of anilines is 1. The first-order valence-electron chi connectivity index (χ1n) is 5.20. The summed E-state index contributed by atoms with van der Waals surface area (Å²) in [4.78, 5) is 13.7. The number of hydrogen-bond acceptors (Lipinski definition) is 3. The van der Waals surface area contributed by atoms with E-state index in [0.717, 1.165) is 10.6 Å². The Morgan fingerprint density at radius 1 is 1.56 bits per heavy atom. The zero-order valence-electron chi connectivity index (χ0n) is 10.0. The highest BCUT2D eigenvalue weighted by atomic mass is 32.1. The summed E-state index contributed by atoms with van der Waals surface area (Å²) in [6.45, 7) is 5.74. The summed E-state index contributed by atoms with van der Waals surface area (Å²) in [5, 5.41) is 11.9. The number of hydrogen-bond donors (Lipinski definition) is 0. The van der Waals surface area contributed by atoms with Gasteiger partial charge in [0.1, 0.15) is 10.9 Å². The number of rotatable bonds is 3. The lowest BCUT2D eigenvalue weighted by atomic mass is 9.96. The molecule has 0 N–H and O–H groups in total. The minimum atomic E-state index is -0.563. The number of nitriles is 1. The van der Waals surface area contributed by atoms with Gasteiger partial charge in [-0.2, -0.15) is 5.26 Å². The standard InChI is InChI=1S/C12H16N2OS/c1-8(2)10(7-13)11(15)14(4)12-9(3)5-6-16-12/h5-6,8,10H,1-4H3. The third-order valence-corrected chi connectivity index (χ3v) is 3.63. The van der Waals surface area contributed by atoms with Crippen molar-refractivity contribution in [3.63, 3.8) is 0 Å². The number of carbonyl (C=O) groups is 1. The molecule has 0 saturated heterocycles. The molecule has 1 aromatic rings. The zero-order chi connectivity index (χ0) is 12.3. The summed E-state index contributed by atoms with van der Waals surface area (Å²) in [6, 6.07) is 4.05. The molecule has 3 nitrogen and oxygen atoms in total. The molecule has 0 saturated carbocycles. The first-order chi connectivity index (χ1) is 7.49. The van der Waals surface area contributed by atoms with Gasteiger partial charge in [0.05, 0.1) is 6.07 Å². The van der Waals surface area contributed by atoms with Crippen molar-refractivity contribution in [1.29, 1.82) is 5.26 Å². The van der Waals surface area contributed by atoms with Gasteiger partial charge in [0.15, 0.2) is 0 Å². The molecule has 0 bridgehead atoms. The van der Waals surface area contributed by atoms with Gasteiger partial charge in [-0.3, -0.25) is 4.79 Å². The molecular weight excluding hydrogens is 220 g/mol. The van der Waals surface area contributed by atoms with Gasteiger partial charge >= 0.3 is 0 Å². The molecule has 4 heteroatoms. The van der Waals surface area contributed by atoms with Gasteiger partial charge in [0.2, 0.25) is 5.91 Å². The Labute approximate surface area is 100 Å². The number of amides is 1. The monoisotopic (exact) mass is 236 g/mol. The highest BCUT2D eigenvalue weighted by molar-refractivity contribution is 7.14. The third kappa shape index (κ3) is 2.42. The van der Waals surface area contributed by atoms with Crippen LogP contribution < -0.4 is 4.90 Å². The van der Waals surface area contributed by atoms with Crippen LogP contribution in [0.3, 0.4) is 0 Å². The molecule has 0 aliphatic heterocycles. The van der Waals surface area contributed by atoms with Crippen molar-refractivity contribution in [2.24, 2.45) is 11.8 Å². The van der Waals surface area contributed by atoms with Crippen molar-refractivity contribution in [3.8, 4) is 6.07 Å². The van der Waals surface area contributed by atoms with Gasteiger partial charge in [-0.25, -0.2) is 0 Å². The first-order valence-corrected chi connectivity index (χ1v) is 6.08. The molecule has 0 radical (unpaired) electrons. The maximum Gasteiger partial charge on any atom is 0.244 e. The SMILES string of the molecule is Cc1ccsc1N(C)C(=O)C(C#N)C(C)C. The molecule has 0 spiro atoms. The second-order valence-electron chi connectivity index (χ2n) is 4.16. The van der Waals surface area contributed by atoms with E-state index in [0.29, 0.717) is 0 Å². The van der Waals surface area contributed by atoms with Crippen molar-refractivity contribution in [3.05, 3.63) is 17.0 Å². The van der Waals surface area contributed by atoms with Crippen LogP contribution in [0.4, 0.5) is 5.00 Å². The fourth-order valence-corrected chi connectivity index (χ4v) is 2.41. The summed E-state index contributed by atoms with van der Waals surface area (Å²) < 4.78 is 0. The van der Waals surface area contributed by atoms with E-state index in [1.165, 1.54) is 11.3 Å². The third-order valence-electron chi connectivity index (χ3n) is 2.54. The van der Waals surface area contributed by atoms with E-state index >= 15 is 0 Å². The Balaban J connectivity index is 2.91. The van der Waals surface area contributed by atoms with E-state index in [2.05, 4.69) is 6.07 Å². The topological polar surface area (TPSA) is 44.1 Å². The summed E-state index contributed by atoms with van der Waals surface area (Å²) in [5.41, 5.74) is 1.07. The number of nitrogens with zero attached hydrogens (tertiary/aromatic N) is 2. The van der Waals surface area contributed by atoms with Crippen LogP contribution in [0.15, 0.2) is 11.4 Å². The van der Waals surface area contributed by atoms with Crippen LogP contribution in [-0.4, -0.2) is 13.0 Å². The molecule has 1 rings (SSSR count). The maximum absolute atomic E-state index is 12.1. The average Bonchev–Trinajstić information content (AvgIpc) is 2.63. The lowest BCUT2D eigenvalue weighted by molar-refractivity contribution is -0.121. The van der Waals surface area contributed by atoms with Crippen LogP contribution in [0.5, 0.6) is 0 Å². The van der Waals surface area contributed by atoms with E-state index < -0.39 is 5.92 Å². The van der Waals surface area contributed by atoms with Gasteiger partial charge in [-0.05, 0) is 29.9 Å². The van der Waals surface area contributed by atoms with Crippen LogP contribution in [0, 0.1) is 30.1 Å². The Morgan fingerprint density at radius 2 is 2.19 bits per heavy atom. The van der Waals surface area contributed by atoms with Crippen molar-refractivity contribution < 1.29 is 4.79 Å². The maximum atomic E-state index is 12.1. The van der Waals surface area contributed by atoms with Crippen molar-refractivity contribution >= 4 is 22.2 Å².